The van der Waals surface area contributed by atoms with Gasteiger partial charge in [0.15, 0.2) is 11.9 Å². The van der Waals surface area contributed by atoms with E-state index in [1.165, 1.54) is 0 Å². The molecule has 1 fully saturated rings. The van der Waals surface area contributed by atoms with Crippen LogP contribution in [0.4, 0.5) is 31.1 Å². The molecule has 0 aliphatic carbocycles. The van der Waals surface area contributed by atoms with Gasteiger partial charge in [-0.05, 0) is 6.42 Å². The molecule has 0 saturated carbocycles. The van der Waals surface area contributed by atoms with E-state index in [2.05, 4.69) is 14.8 Å². The van der Waals surface area contributed by atoms with Gasteiger partial charge in [0.05, 0.1) is 0 Å². The molecular weight excluding hydrogens is 366 g/mol. The summed E-state index contributed by atoms with van der Waals surface area (Å²) in [5.74, 6) is -2.67. The third-order valence-electron chi connectivity index (χ3n) is 3.27. The van der Waals surface area contributed by atoms with Crippen molar-refractivity contribution in [1.29, 1.82) is 0 Å². The van der Waals surface area contributed by atoms with Gasteiger partial charge in [-0.15, -0.1) is 0 Å². The molecule has 0 aromatic heterocycles. The van der Waals surface area contributed by atoms with Crippen LogP contribution in [0.1, 0.15) is 12.8 Å². The van der Waals surface area contributed by atoms with Gasteiger partial charge >= 0.3 is 18.4 Å². The normalized spacial score (nSPS) is 19.6. The summed E-state index contributed by atoms with van der Waals surface area (Å²) in [5.41, 5.74) is 4.72. The van der Waals surface area contributed by atoms with Crippen molar-refractivity contribution in [1.82, 2.24) is 5.32 Å². The number of carbonyl (C=O) groups excluding carboxylic acids is 3. The fourth-order valence-corrected chi connectivity index (χ4v) is 2.15. The molecule has 2 amide bonds. The summed E-state index contributed by atoms with van der Waals surface area (Å²) in [6.45, 7) is -1.36. The van der Waals surface area contributed by atoms with Crippen molar-refractivity contribution in [3.63, 3.8) is 0 Å². The Morgan fingerprint density at radius 2 is 1.76 bits per heavy atom. The Morgan fingerprint density at radius 1 is 1.20 bits per heavy atom. The predicted molar refractivity (Wildman–Crippen MR) is 67.0 cm³/mol. The van der Waals surface area contributed by atoms with Gasteiger partial charge in [-0.25, -0.2) is 4.79 Å². The van der Waals surface area contributed by atoms with Crippen LogP contribution in [0.15, 0.2) is 0 Å². The first kappa shape index (κ1) is 21.0. The molecule has 144 valence electrons. The van der Waals surface area contributed by atoms with E-state index < -0.39 is 61.3 Å². The van der Waals surface area contributed by atoms with E-state index in [0.717, 1.165) is 0 Å². The highest BCUT2D eigenvalue weighted by molar-refractivity contribution is 5.87. The first-order valence-corrected chi connectivity index (χ1v) is 6.84. The summed E-state index contributed by atoms with van der Waals surface area (Å²) in [5, 5.41) is 2.41. The van der Waals surface area contributed by atoms with E-state index in [-0.39, 0.29) is 13.0 Å². The number of hydrogen-bond donors (Lipinski definition) is 2. The highest BCUT2D eigenvalue weighted by atomic mass is 19.4. The van der Waals surface area contributed by atoms with Crippen molar-refractivity contribution in [3.05, 3.63) is 0 Å². The van der Waals surface area contributed by atoms with E-state index in [1.807, 2.05) is 0 Å². The molecule has 25 heavy (non-hydrogen) atoms. The number of alkyl halides is 6. The maximum atomic E-state index is 12.3. The molecule has 2 atom stereocenters. The Morgan fingerprint density at radius 3 is 2.16 bits per heavy atom. The Bertz CT molecular complexity index is 507. The molecule has 7 nitrogen and oxygen atoms in total. The molecule has 1 saturated heterocycles. The largest absolute Gasteiger partial charge is 0.438 e. The first-order valence-electron chi connectivity index (χ1n) is 6.84. The van der Waals surface area contributed by atoms with E-state index in [0.29, 0.717) is 0 Å². The van der Waals surface area contributed by atoms with E-state index in [1.54, 1.807) is 0 Å². The summed E-state index contributed by atoms with van der Waals surface area (Å²) < 4.78 is 82.1. The molecule has 13 heteroatoms. The summed E-state index contributed by atoms with van der Waals surface area (Å²) in [7, 11) is 0. The zero-order valence-corrected chi connectivity index (χ0v) is 12.4. The van der Waals surface area contributed by atoms with Crippen molar-refractivity contribution in [2.24, 2.45) is 11.7 Å². The molecule has 1 aliphatic rings. The smallest absolute Gasteiger partial charge is 0.423 e. The van der Waals surface area contributed by atoms with Crippen LogP contribution in [0, 0.1) is 5.92 Å². The number of nitrogens with two attached hydrogens (primary N) is 1. The zero-order valence-electron chi connectivity index (χ0n) is 12.4. The monoisotopic (exact) mass is 380 g/mol. The van der Waals surface area contributed by atoms with Crippen molar-refractivity contribution >= 4 is 17.8 Å². The number of carbonyl (C=O) groups is 3. The third-order valence-corrected chi connectivity index (χ3v) is 3.27. The van der Waals surface area contributed by atoms with Crippen molar-refractivity contribution in [2.75, 3.05) is 13.2 Å². The minimum atomic E-state index is -5.79. The lowest BCUT2D eigenvalue weighted by Gasteiger charge is -2.24. The molecule has 0 aromatic carbocycles. The number of ether oxygens (including phenoxy) is 2. The molecule has 1 heterocycles. The SMILES string of the molecule is NC(=O)OC(CC1CCNC1=O)C(=O)COC(C(F)(F)F)C(F)(F)F. The molecule has 0 radical (unpaired) electrons. The summed E-state index contributed by atoms with van der Waals surface area (Å²) in [6.07, 6.45) is -19.2. The number of Topliss-reactive ketones (excluding diaryl/α,β-unsaturated/α-hetero) is 1. The van der Waals surface area contributed by atoms with Crippen LogP contribution in [0.2, 0.25) is 0 Å². The van der Waals surface area contributed by atoms with Crippen LogP contribution in [0.3, 0.4) is 0 Å². The number of hydrogen-bond acceptors (Lipinski definition) is 5. The average molecular weight is 380 g/mol. The van der Waals surface area contributed by atoms with Crippen molar-refractivity contribution < 1.29 is 50.2 Å². The quantitative estimate of drug-likeness (QED) is 0.642. The van der Waals surface area contributed by atoms with Gasteiger partial charge in [-0.1, -0.05) is 0 Å². The summed E-state index contributed by atoms with van der Waals surface area (Å²) in [4.78, 5) is 34.0. The Balaban J connectivity index is 2.76. The van der Waals surface area contributed by atoms with Gasteiger partial charge in [0.2, 0.25) is 12.0 Å². The maximum Gasteiger partial charge on any atom is 0.423 e. The lowest BCUT2D eigenvalue weighted by atomic mass is 9.98. The van der Waals surface area contributed by atoms with Crippen LogP contribution >= 0.6 is 0 Å². The second-order valence-electron chi connectivity index (χ2n) is 5.18. The molecule has 1 aliphatic heterocycles. The molecule has 1 rings (SSSR count). The standard InChI is InChI=1S/C12H14F6N2O5/c13-11(14,15)9(12(16,17)18)24-4-6(21)7(25-10(19)23)3-5-1-2-20-8(5)22/h5,7,9H,1-4H2,(H2,19,23)(H,20,22). The van der Waals surface area contributed by atoms with Crippen LogP contribution in [0.5, 0.6) is 0 Å². The maximum absolute atomic E-state index is 12.3. The second-order valence-corrected chi connectivity index (χ2v) is 5.18. The van der Waals surface area contributed by atoms with Gasteiger partial charge in [-0.3, -0.25) is 9.59 Å². The minimum absolute atomic E-state index is 0.249. The zero-order chi connectivity index (χ0) is 19.4. The number of primary amides is 1. The molecule has 0 aromatic rings. The molecule has 0 spiro atoms. The second kappa shape index (κ2) is 7.89. The highest BCUT2D eigenvalue weighted by Gasteiger charge is 2.58. The fraction of sp³-hybridized carbons (Fsp3) is 0.750. The molecule has 2 unspecified atom stereocenters. The molecular formula is C12H14F6N2O5. The van der Waals surface area contributed by atoms with Crippen LogP contribution in [-0.2, 0) is 19.1 Å². The number of amides is 2. The van der Waals surface area contributed by atoms with Gasteiger partial charge in [0.1, 0.15) is 6.61 Å². The summed E-state index contributed by atoms with van der Waals surface area (Å²) in [6, 6.07) is 0. The van der Waals surface area contributed by atoms with Gasteiger partial charge in [0, 0.05) is 18.9 Å². The lowest BCUT2D eigenvalue weighted by molar-refractivity contribution is -0.320. The van der Waals surface area contributed by atoms with E-state index >= 15 is 0 Å². The Labute approximate surface area is 136 Å². The van der Waals surface area contributed by atoms with Crippen LogP contribution in [-0.4, -0.2) is 55.5 Å². The lowest BCUT2D eigenvalue weighted by Crippen LogP contribution is -2.46. The predicted octanol–water partition coefficient (Wildman–Crippen LogP) is 1.06. The Hall–Kier alpha value is -2.05. The van der Waals surface area contributed by atoms with Gasteiger partial charge in [0.25, 0.3) is 0 Å². The summed E-state index contributed by atoms with van der Waals surface area (Å²) >= 11 is 0. The highest BCUT2D eigenvalue weighted by Crippen LogP contribution is 2.35. The molecule has 3 N–H and O–H groups in total. The first-order chi connectivity index (χ1) is 11.3. The van der Waals surface area contributed by atoms with Gasteiger partial charge in [-0.2, -0.15) is 26.3 Å². The number of nitrogens with one attached hydrogen (secondary N) is 1. The third kappa shape index (κ3) is 6.40. The van der Waals surface area contributed by atoms with Crippen LogP contribution < -0.4 is 11.1 Å². The van der Waals surface area contributed by atoms with E-state index in [9.17, 15) is 40.7 Å². The minimum Gasteiger partial charge on any atom is -0.438 e. The van der Waals surface area contributed by atoms with Gasteiger partial charge < -0.3 is 20.5 Å². The fourth-order valence-electron chi connectivity index (χ4n) is 2.15. The van der Waals surface area contributed by atoms with Crippen molar-refractivity contribution in [3.8, 4) is 0 Å². The molecule has 0 bridgehead atoms. The number of ketones is 1. The topological polar surface area (TPSA) is 108 Å². The number of rotatable bonds is 7. The number of halogens is 6. The van der Waals surface area contributed by atoms with E-state index in [4.69, 9.17) is 5.73 Å². The Kier molecular flexibility index (Phi) is 6.62. The van der Waals surface area contributed by atoms with Crippen molar-refractivity contribution in [2.45, 2.75) is 37.4 Å². The van der Waals surface area contributed by atoms with Crippen LogP contribution in [0.25, 0.3) is 0 Å². The average Bonchev–Trinajstić information content (AvgIpc) is 2.80.